The lowest BCUT2D eigenvalue weighted by molar-refractivity contribution is 0.466. The summed E-state index contributed by atoms with van der Waals surface area (Å²) < 4.78 is 0. The maximum absolute atomic E-state index is 3.88. The molecule has 0 amide bonds. The Morgan fingerprint density at radius 3 is 0.776 bits per heavy atom. The number of aromatic nitrogens is 8. The number of para-hydroxylation sites is 4. The summed E-state index contributed by atoms with van der Waals surface area (Å²) in [4.78, 5) is 29.2. The lowest BCUT2D eigenvalue weighted by Crippen LogP contribution is -2.29. The standard InChI is InChI=1S/C34H30N2.C30H28N2.C24H22N2.C20H20N2/c1-21-23-12-8-10-18-30(23)35-32(21)34(3,33-22(2)24-13-9-11-19-31(24)36-33)20-29-27-16-6-4-14-25(27)26-15-5-7-17-28(26)29;1-19-23-11-6-8-14-26(23)31-28(19)30(3,18-22-17-16-21-10-4-5-13-25(21)22)29-20(2)24-12-7-9-15-27(24)32-29;1-24(22-12-6-14-25-22,23-13-7-15-26-23)16-21-19-10-4-2-8-17(19)18-9-3-5-11-20(18)21;1-20(18-8-4-12-21-18,19-9-5-13-22-19)14-16-11-10-15-6-2-3-7-17(15)16/h4-19,29,35-36H,20H2,1-3H3;4-17,22,31-32H,18H2,1-3H3;2-15,21,25-26H,16H2,1H3;2-13,16,21-22H,14H2,1H3. The van der Waals surface area contributed by atoms with Gasteiger partial charge in [-0.3, -0.25) is 0 Å². The van der Waals surface area contributed by atoms with Crippen LogP contribution in [0.4, 0.5) is 0 Å². The average Bonchev–Trinajstić information content (AvgIpc) is 1.58. The minimum atomic E-state index is -0.249. The lowest BCUT2D eigenvalue weighted by Gasteiger charge is -2.33. The number of fused-ring (bicyclic) bond motifs is 12. The molecule has 0 aliphatic heterocycles. The van der Waals surface area contributed by atoms with Crippen molar-refractivity contribution in [2.24, 2.45) is 0 Å². The van der Waals surface area contributed by atoms with E-state index >= 15 is 0 Å². The fraction of sp³-hybridized carbons (Fsp3) is 0.185. The van der Waals surface area contributed by atoms with Gasteiger partial charge in [0.25, 0.3) is 0 Å². The second kappa shape index (κ2) is 29.7. The number of rotatable bonds is 16. The molecule has 0 fully saturated rings. The Hall–Kier alpha value is -13.0. The first-order valence-corrected chi connectivity index (χ1v) is 41.4. The van der Waals surface area contributed by atoms with Gasteiger partial charge in [-0.25, -0.2) is 0 Å². The molecule has 8 aromatic heterocycles. The highest BCUT2D eigenvalue weighted by Crippen LogP contribution is 2.56. The second-order valence-electron chi connectivity index (χ2n) is 33.8. The number of H-pyrrole nitrogens is 8. The molecule has 8 heterocycles. The van der Waals surface area contributed by atoms with E-state index in [0.29, 0.717) is 23.7 Å². The molecule has 4 aliphatic carbocycles. The van der Waals surface area contributed by atoms with E-state index in [2.05, 4.69) is 411 Å². The van der Waals surface area contributed by atoms with Crippen LogP contribution in [0.3, 0.4) is 0 Å². The fourth-order valence-corrected chi connectivity index (χ4v) is 21.1. The number of hydrogen-bond acceptors (Lipinski definition) is 0. The number of allylic oxidation sites excluding steroid dienone is 2. The summed E-state index contributed by atoms with van der Waals surface area (Å²) in [6.45, 7) is 18.6. The summed E-state index contributed by atoms with van der Waals surface area (Å²) in [6, 6.07) is 105. The molecule has 18 aromatic rings. The topological polar surface area (TPSA) is 126 Å². The minimum Gasteiger partial charge on any atom is -0.364 e. The van der Waals surface area contributed by atoms with Gasteiger partial charge in [0.2, 0.25) is 0 Å². The summed E-state index contributed by atoms with van der Waals surface area (Å²) in [5, 5.41) is 5.23. The molecule has 0 radical (unpaired) electrons. The van der Waals surface area contributed by atoms with Gasteiger partial charge in [-0.15, -0.1) is 0 Å². The van der Waals surface area contributed by atoms with Crippen LogP contribution in [0.5, 0.6) is 0 Å². The first kappa shape index (κ1) is 73.2. The number of hydrogen-bond donors (Lipinski definition) is 8. The highest BCUT2D eigenvalue weighted by atomic mass is 14.8. The number of nitrogens with one attached hydrogen (secondary N) is 8. The van der Waals surface area contributed by atoms with Crippen molar-refractivity contribution in [2.75, 3.05) is 0 Å². The van der Waals surface area contributed by atoms with Gasteiger partial charge in [-0.2, -0.15) is 0 Å². The van der Waals surface area contributed by atoms with E-state index < -0.39 is 0 Å². The van der Waals surface area contributed by atoms with E-state index in [9.17, 15) is 0 Å². The molecule has 8 N–H and O–H groups in total. The largest absolute Gasteiger partial charge is 0.364 e. The van der Waals surface area contributed by atoms with Crippen molar-refractivity contribution in [1.29, 1.82) is 0 Å². The van der Waals surface area contributed by atoms with Crippen LogP contribution in [-0.4, -0.2) is 39.9 Å². The maximum atomic E-state index is 3.88. The SMILES string of the molecule is CC(CC1C=Cc2ccccc21)(c1ccc[nH]1)c1ccc[nH]1.CC(CC1c2ccccc2-c2ccccc21)(c1ccc[nH]1)c1ccc[nH]1.Cc1c(C(C)(CC2C=Cc3ccccc32)c2[nH]c3ccccc3c2C)[nH]c2ccccc12.Cc1c(C(C)(CC2c3ccccc3-c3ccccc32)c2[nH]c3ccccc3c2C)[nH]c2ccccc12. The van der Waals surface area contributed by atoms with E-state index in [1.807, 2.05) is 24.8 Å². The van der Waals surface area contributed by atoms with Crippen molar-refractivity contribution < 1.29 is 0 Å². The monoisotopic (exact) mass is 1510 g/mol. The van der Waals surface area contributed by atoms with Gasteiger partial charge < -0.3 is 39.9 Å². The Balaban J connectivity index is 0.000000105. The molecule has 0 bridgehead atoms. The van der Waals surface area contributed by atoms with E-state index in [0.717, 1.165) is 25.7 Å². The van der Waals surface area contributed by atoms with Crippen LogP contribution in [-0.2, 0) is 21.7 Å². The predicted molar refractivity (Wildman–Crippen MR) is 483 cm³/mol. The van der Waals surface area contributed by atoms with Crippen molar-refractivity contribution >= 4 is 55.8 Å². The lowest BCUT2D eigenvalue weighted by atomic mass is 9.71. The highest BCUT2D eigenvalue weighted by Gasteiger charge is 2.44. The normalized spacial score (nSPS) is 14.7. The van der Waals surface area contributed by atoms with Crippen molar-refractivity contribution in [1.82, 2.24) is 39.9 Å². The first-order chi connectivity index (χ1) is 56.7. The molecule has 8 nitrogen and oxygen atoms in total. The Morgan fingerprint density at radius 1 is 0.241 bits per heavy atom. The van der Waals surface area contributed by atoms with Gasteiger partial charge in [0.05, 0.1) is 0 Å². The fourth-order valence-electron chi connectivity index (χ4n) is 21.1. The molecule has 10 aromatic carbocycles. The Bertz CT molecular complexity index is 6310. The van der Waals surface area contributed by atoms with Crippen molar-refractivity contribution in [2.45, 2.75) is 126 Å². The summed E-state index contributed by atoms with van der Waals surface area (Å²) in [5.74, 6) is 1.54. The molecule has 572 valence electrons. The molecule has 2 atom stereocenters. The summed E-state index contributed by atoms with van der Waals surface area (Å²) in [6.07, 6.45) is 21.4. The minimum absolute atomic E-state index is 0.0561. The highest BCUT2D eigenvalue weighted by molar-refractivity contribution is 5.90. The molecule has 22 rings (SSSR count). The molecular weight excluding hydrogens is 1410 g/mol. The van der Waals surface area contributed by atoms with E-state index in [4.69, 9.17) is 0 Å². The Kier molecular flexibility index (Phi) is 18.8. The van der Waals surface area contributed by atoms with Crippen LogP contribution in [0.25, 0.3) is 78.0 Å². The van der Waals surface area contributed by atoms with Crippen LogP contribution < -0.4 is 0 Å². The van der Waals surface area contributed by atoms with E-state index in [-0.39, 0.29) is 21.7 Å². The van der Waals surface area contributed by atoms with E-state index in [1.54, 1.807) is 0 Å². The number of aromatic amines is 8. The van der Waals surface area contributed by atoms with Gasteiger partial charge in [0.1, 0.15) is 0 Å². The van der Waals surface area contributed by atoms with Crippen LogP contribution >= 0.6 is 0 Å². The zero-order valence-corrected chi connectivity index (χ0v) is 67.5. The molecule has 4 aliphatic rings. The second-order valence-corrected chi connectivity index (χ2v) is 33.8. The van der Waals surface area contributed by atoms with Crippen LogP contribution in [0.15, 0.2) is 328 Å². The Morgan fingerprint density at radius 2 is 0.483 bits per heavy atom. The van der Waals surface area contributed by atoms with Gasteiger partial charge in [-0.1, -0.05) is 243 Å². The van der Waals surface area contributed by atoms with Crippen molar-refractivity contribution in [3.63, 3.8) is 0 Å². The first-order valence-electron chi connectivity index (χ1n) is 41.4. The Labute approximate surface area is 680 Å². The van der Waals surface area contributed by atoms with E-state index in [1.165, 1.54) is 178 Å². The number of benzene rings is 10. The van der Waals surface area contributed by atoms with Crippen LogP contribution in [0.2, 0.25) is 0 Å². The van der Waals surface area contributed by atoms with Crippen molar-refractivity contribution in [3.8, 4) is 22.3 Å². The quantitative estimate of drug-likeness (QED) is 0.0469. The third-order valence-electron chi connectivity index (χ3n) is 27.1. The molecule has 0 saturated heterocycles. The molecule has 116 heavy (non-hydrogen) atoms. The molecular formula is C108H100N8. The summed E-state index contributed by atoms with van der Waals surface area (Å²) >= 11 is 0. The van der Waals surface area contributed by atoms with Gasteiger partial charge in [0.15, 0.2) is 0 Å². The zero-order valence-electron chi connectivity index (χ0n) is 67.5. The maximum Gasteiger partial charge on any atom is 0.0490 e. The van der Waals surface area contributed by atoms with Crippen LogP contribution in [0, 0.1) is 27.7 Å². The molecule has 2 unspecified atom stereocenters. The molecule has 0 saturated carbocycles. The smallest absolute Gasteiger partial charge is 0.0490 e. The van der Waals surface area contributed by atoms with Gasteiger partial charge in [0, 0.05) is 159 Å². The van der Waals surface area contributed by atoms with Crippen LogP contribution in [0.1, 0.15) is 189 Å². The average molecular weight is 1510 g/mol. The van der Waals surface area contributed by atoms with Crippen molar-refractivity contribution in [3.05, 3.63) is 440 Å². The number of aryl methyl sites for hydroxylation is 4. The third kappa shape index (κ3) is 12.6. The third-order valence-corrected chi connectivity index (χ3v) is 27.1. The van der Waals surface area contributed by atoms with Gasteiger partial charge >= 0.3 is 0 Å². The zero-order chi connectivity index (χ0) is 78.9. The molecule has 8 heteroatoms. The van der Waals surface area contributed by atoms with Gasteiger partial charge in [-0.05, 0) is 243 Å². The predicted octanol–water partition coefficient (Wildman–Crippen LogP) is 27.2. The summed E-state index contributed by atoms with van der Waals surface area (Å²) in [5.41, 5.74) is 36.7. The molecule has 0 spiro atoms. The summed E-state index contributed by atoms with van der Waals surface area (Å²) in [7, 11) is 0.